The highest BCUT2D eigenvalue weighted by atomic mass is 16.2. The van der Waals surface area contributed by atoms with Gasteiger partial charge >= 0.3 is 5.69 Å². The Hall–Kier alpha value is -2.63. The van der Waals surface area contributed by atoms with Crippen molar-refractivity contribution in [2.24, 2.45) is 11.8 Å². The van der Waals surface area contributed by atoms with Crippen LogP contribution in [-0.4, -0.2) is 38.2 Å². The number of likely N-dealkylation sites (tertiary alicyclic amines) is 1. The van der Waals surface area contributed by atoms with E-state index in [9.17, 15) is 9.59 Å². The number of hydrogen-bond acceptors (Lipinski definition) is 3. The van der Waals surface area contributed by atoms with E-state index in [1.165, 1.54) is 10.2 Å². The first-order chi connectivity index (χ1) is 13.1. The molecule has 6 nitrogen and oxygen atoms in total. The summed E-state index contributed by atoms with van der Waals surface area (Å²) in [5, 5.41) is 4.33. The molecule has 1 fully saturated rings. The molecule has 0 bridgehead atoms. The second-order valence-electron chi connectivity index (χ2n) is 7.64. The van der Waals surface area contributed by atoms with E-state index in [4.69, 9.17) is 0 Å². The van der Waals surface area contributed by atoms with Crippen molar-refractivity contribution >= 4 is 5.91 Å². The Morgan fingerprint density at radius 2 is 1.78 bits per heavy atom. The zero-order valence-corrected chi connectivity index (χ0v) is 15.8. The summed E-state index contributed by atoms with van der Waals surface area (Å²) < 4.78 is 2.98. The SMILES string of the molecule is Cc1nn(CC(=O)N2C[C@H]3CC=CC[C@H]3C2)c(=O)n1CCc1ccccc1. The van der Waals surface area contributed by atoms with Crippen molar-refractivity contribution in [1.29, 1.82) is 0 Å². The molecule has 0 N–H and O–H groups in total. The number of carbonyl (C=O) groups is 1. The van der Waals surface area contributed by atoms with Crippen LogP contribution in [-0.2, 0) is 24.3 Å². The first kappa shape index (κ1) is 17.8. The summed E-state index contributed by atoms with van der Waals surface area (Å²) in [7, 11) is 0. The summed E-state index contributed by atoms with van der Waals surface area (Å²) in [5.41, 5.74) is 0.982. The summed E-state index contributed by atoms with van der Waals surface area (Å²) in [6, 6.07) is 10.1. The zero-order chi connectivity index (χ0) is 18.8. The molecule has 0 unspecified atom stereocenters. The third kappa shape index (κ3) is 3.75. The smallest absolute Gasteiger partial charge is 0.340 e. The fraction of sp³-hybridized carbons (Fsp3) is 0.476. The highest BCUT2D eigenvalue weighted by Gasteiger charge is 2.35. The van der Waals surface area contributed by atoms with Crippen molar-refractivity contribution < 1.29 is 4.79 Å². The fourth-order valence-electron chi connectivity index (χ4n) is 4.24. The van der Waals surface area contributed by atoms with Crippen molar-refractivity contribution in [3.8, 4) is 0 Å². The van der Waals surface area contributed by atoms with Crippen LogP contribution in [0.2, 0.25) is 0 Å². The molecule has 0 saturated carbocycles. The lowest BCUT2D eigenvalue weighted by Crippen LogP contribution is -2.36. The van der Waals surface area contributed by atoms with Crippen molar-refractivity contribution in [3.63, 3.8) is 0 Å². The number of aromatic nitrogens is 3. The van der Waals surface area contributed by atoms with Gasteiger partial charge in [-0.1, -0.05) is 42.5 Å². The van der Waals surface area contributed by atoms with Gasteiger partial charge in [0, 0.05) is 19.6 Å². The van der Waals surface area contributed by atoms with E-state index in [0.29, 0.717) is 24.2 Å². The molecule has 2 heterocycles. The van der Waals surface area contributed by atoms with E-state index in [0.717, 1.165) is 32.4 Å². The predicted molar refractivity (Wildman–Crippen MR) is 103 cm³/mol. The Balaban J connectivity index is 1.41. The molecule has 0 radical (unpaired) electrons. The standard InChI is InChI=1S/C21H26N4O2/c1-16-22-25(21(27)24(16)12-11-17-7-3-2-4-8-17)15-20(26)23-13-18-9-5-6-10-19(18)14-23/h2-8,18-19H,9-15H2,1H3/t18-,19+. The molecular weight excluding hydrogens is 340 g/mol. The average molecular weight is 366 g/mol. The summed E-state index contributed by atoms with van der Waals surface area (Å²) in [5.74, 6) is 1.80. The minimum absolute atomic E-state index is 0.000732. The van der Waals surface area contributed by atoms with Crippen molar-refractivity contribution in [3.05, 3.63) is 64.4 Å². The lowest BCUT2D eigenvalue weighted by molar-refractivity contribution is -0.131. The van der Waals surface area contributed by atoms with Crippen LogP contribution in [0.1, 0.15) is 24.2 Å². The number of amides is 1. The number of aryl methyl sites for hydroxylation is 2. The Morgan fingerprint density at radius 3 is 2.44 bits per heavy atom. The van der Waals surface area contributed by atoms with Crippen LogP contribution in [0.4, 0.5) is 0 Å². The molecule has 1 aromatic carbocycles. The van der Waals surface area contributed by atoms with Gasteiger partial charge < -0.3 is 4.90 Å². The van der Waals surface area contributed by atoms with Crippen LogP contribution in [0.15, 0.2) is 47.3 Å². The van der Waals surface area contributed by atoms with Gasteiger partial charge in [-0.15, -0.1) is 0 Å². The Bertz CT molecular complexity index is 881. The number of rotatable bonds is 5. The Morgan fingerprint density at radius 1 is 1.11 bits per heavy atom. The van der Waals surface area contributed by atoms with Crippen LogP contribution in [0.25, 0.3) is 0 Å². The van der Waals surface area contributed by atoms with Gasteiger partial charge in [-0.05, 0) is 43.6 Å². The second kappa shape index (κ2) is 7.55. The van der Waals surface area contributed by atoms with Gasteiger partial charge in [0.1, 0.15) is 12.4 Å². The minimum atomic E-state index is -0.199. The van der Waals surface area contributed by atoms with E-state index in [2.05, 4.69) is 29.4 Å². The van der Waals surface area contributed by atoms with Gasteiger partial charge in [-0.2, -0.15) is 5.10 Å². The molecule has 1 aliphatic heterocycles. The predicted octanol–water partition coefficient (Wildman–Crippen LogP) is 2.02. The Kier molecular flexibility index (Phi) is 4.97. The lowest BCUT2D eigenvalue weighted by Gasteiger charge is -2.17. The first-order valence-corrected chi connectivity index (χ1v) is 9.73. The highest BCUT2D eigenvalue weighted by Crippen LogP contribution is 2.32. The van der Waals surface area contributed by atoms with Gasteiger partial charge in [0.2, 0.25) is 5.91 Å². The van der Waals surface area contributed by atoms with Gasteiger partial charge in [-0.3, -0.25) is 9.36 Å². The third-order valence-electron chi connectivity index (χ3n) is 5.83. The number of fused-ring (bicyclic) bond motifs is 1. The molecule has 1 aliphatic carbocycles. The molecular formula is C21H26N4O2. The summed E-state index contributed by atoms with van der Waals surface area (Å²) >= 11 is 0. The maximum Gasteiger partial charge on any atom is 0.346 e. The van der Waals surface area contributed by atoms with Crippen LogP contribution < -0.4 is 5.69 Å². The summed E-state index contributed by atoms with van der Waals surface area (Å²) in [6.07, 6.45) is 7.32. The molecule has 1 saturated heterocycles. The highest BCUT2D eigenvalue weighted by molar-refractivity contribution is 5.76. The molecule has 6 heteroatoms. The maximum atomic E-state index is 12.7. The van der Waals surface area contributed by atoms with Gasteiger partial charge in [0.05, 0.1) is 0 Å². The van der Waals surface area contributed by atoms with Crippen LogP contribution in [0.3, 0.4) is 0 Å². The van der Waals surface area contributed by atoms with Crippen LogP contribution >= 0.6 is 0 Å². The van der Waals surface area contributed by atoms with Crippen molar-refractivity contribution in [2.45, 2.75) is 39.3 Å². The van der Waals surface area contributed by atoms with Crippen molar-refractivity contribution in [1.82, 2.24) is 19.2 Å². The quantitative estimate of drug-likeness (QED) is 0.761. The molecule has 27 heavy (non-hydrogen) atoms. The maximum absolute atomic E-state index is 12.7. The number of allylic oxidation sites excluding steroid dienone is 2. The van der Waals surface area contributed by atoms with Crippen LogP contribution in [0.5, 0.6) is 0 Å². The van der Waals surface area contributed by atoms with Gasteiger partial charge in [0.25, 0.3) is 0 Å². The van der Waals surface area contributed by atoms with E-state index in [-0.39, 0.29) is 18.1 Å². The van der Waals surface area contributed by atoms with Crippen molar-refractivity contribution in [2.75, 3.05) is 13.1 Å². The summed E-state index contributed by atoms with van der Waals surface area (Å²) in [4.78, 5) is 27.3. The number of nitrogens with zero attached hydrogens (tertiary/aromatic N) is 4. The summed E-state index contributed by atoms with van der Waals surface area (Å²) in [6.45, 7) is 4.03. The number of hydrogen-bond donors (Lipinski definition) is 0. The molecule has 4 rings (SSSR count). The van der Waals surface area contributed by atoms with Crippen LogP contribution in [0, 0.1) is 18.8 Å². The van der Waals surface area contributed by atoms with Gasteiger partial charge in [0.15, 0.2) is 0 Å². The largest absolute Gasteiger partial charge is 0.346 e. The topological polar surface area (TPSA) is 60.1 Å². The third-order valence-corrected chi connectivity index (χ3v) is 5.83. The first-order valence-electron chi connectivity index (χ1n) is 9.73. The zero-order valence-electron chi connectivity index (χ0n) is 15.8. The fourth-order valence-corrected chi connectivity index (χ4v) is 4.24. The molecule has 2 aliphatic rings. The van der Waals surface area contributed by atoms with E-state index in [1.807, 2.05) is 30.0 Å². The number of benzene rings is 1. The monoisotopic (exact) mass is 366 g/mol. The average Bonchev–Trinajstić information content (AvgIpc) is 3.23. The second-order valence-corrected chi connectivity index (χ2v) is 7.64. The minimum Gasteiger partial charge on any atom is -0.340 e. The lowest BCUT2D eigenvalue weighted by atomic mass is 9.86. The molecule has 2 atom stereocenters. The molecule has 1 aromatic heterocycles. The Labute approximate surface area is 159 Å². The van der Waals surface area contributed by atoms with E-state index >= 15 is 0 Å². The molecule has 2 aromatic rings. The molecule has 0 spiro atoms. The van der Waals surface area contributed by atoms with E-state index in [1.54, 1.807) is 4.57 Å². The molecule has 1 amide bonds. The number of carbonyl (C=O) groups excluding carboxylic acids is 1. The van der Waals surface area contributed by atoms with E-state index < -0.39 is 0 Å². The van der Waals surface area contributed by atoms with Gasteiger partial charge in [-0.25, -0.2) is 9.48 Å². The molecule has 142 valence electrons. The normalized spacial score (nSPS) is 21.4.